The number of carboxylic acids is 1. The van der Waals surface area contributed by atoms with Crippen LogP contribution in [-0.4, -0.2) is 38.6 Å². The molecule has 2 aliphatic heterocycles. The van der Waals surface area contributed by atoms with Crippen molar-refractivity contribution in [2.75, 3.05) is 6.61 Å². The summed E-state index contributed by atoms with van der Waals surface area (Å²) in [6.45, 7) is 1.65. The lowest BCUT2D eigenvalue weighted by molar-refractivity contribution is -0.139. The molecule has 1 fully saturated rings. The predicted molar refractivity (Wildman–Crippen MR) is 66.9 cm³/mol. The topological polar surface area (TPSA) is 77.2 Å². The SMILES string of the molecule is O=C(O)C1CCCn2c(CC3CCCCO3)nnc21. The first-order valence-electron chi connectivity index (χ1n) is 7.02. The lowest BCUT2D eigenvalue weighted by atomic mass is 9.99. The summed E-state index contributed by atoms with van der Waals surface area (Å²) in [4.78, 5) is 11.2. The summed E-state index contributed by atoms with van der Waals surface area (Å²) in [5.41, 5.74) is 0. The highest BCUT2D eigenvalue weighted by atomic mass is 16.5. The first kappa shape index (κ1) is 12.6. The first-order chi connectivity index (χ1) is 9.25. The van der Waals surface area contributed by atoms with Gasteiger partial charge < -0.3 is 14.4 Å². The van der Waals surface area contributed by atoms with E-state index in [2.05, 4.69) is 10.2 Å². The Morgan fingerprint density at radius 2 is 2.21 bits per heavy atom. The average Bonchev–Trinajstić information content (AvgIpc) is 2.83. The van der Waals surface area contributed by atoms with Crippen LogP contribution in [0.1, 0.15) is 49.7 Å². The van der Waals surface area contributed by atoms with Crippen molar-refractivity contribution in [3.8, 4) is 0 Å². The van der Waals surface area contributed by atoms with Gasteiger partial charge in [-0.3, -0.25) is 4.79 Å². The molecule has 1 N–H and O–H groups in total. The van der Waals surface area contributed by atoms with Gasteiger partial charge in [-0.1, -0.05) is 0 Å². The van der Waals surface area contributed by atoms with Gasteiger partial charge >= 0.3 is 5.97 Å². The van der Waals surface area contributed by atoms with Crippen LogP contribution >= 0.6 is 0 Å². The molecule has 19 heavy (non-hydrogen) atoms. The zero-order chi connectivity index (χ0) is 13.2. The molecule has 0 saturated carbocycles. The van der Waals surface area contributed by atoms with E-state index in [4.69, 9.17) is 4.74 Å². The molecule has 0 aliphatic carbocycles. The van der Waals surface area contributed by atoms with E-state index < -0.39 is 11.9 Å². The first-order valence-corrected chi connectivity index (χ1v) is 7.02. The molecule has 104 valence electrons. The second-order valence-corrected chi connectivity index (χ2v) is 5.35. The fraction of sp³-hybridized carbons (Fsp3) is 0.769. The summed E-state index contributed by atoms with van der Waals surface area (Å²) in [6.07, 6.45) is 5.89. The van der Waals surface area contributed by atoms with Crippen molar-refractivity contribution in [3.63, 3.8) is 0 Å². The predicted octanol–water partition coefficient (Wildman–Crippen LogP) is 1.35. The van der Waals surface area contributed by atoms with E-state index in [0.717, 1.165) is 44.7 Å². The molecule has 2 atom stereocenters. The molecule has 0 bridgehead atoms. The lowest BCUT2D eigenvalue weighted by Crippen LogP contribution is -2.26. The molecule has 1 saturated heterocycles. The fourth-order valence-corrected chi connectivity index (χ4v) is 2.99. The Kier molecular flexibility index (Phi) is 3.50. The van der Waals surface area contributed by atoms with Gasteiger partial charge in [-0.05, 0) is 32.1 Å². The lowest BCUT2D eigenvalue weighted by Gasteiger charge is -2.24. The largest absolute Gasteiger partial charge is 0.481 e. The van der Waals surface area contributed by atoms with Crippen molar-refractivity contribution in [1.29, 1.82) is 0 Å². The van der Waals surface area contributed by atoms with Crippen molar-refractivity contribution in [2.45, 2.75) is 57.1 Å². The number of ether oxygens (including phenoxy) is 1. The second-order valence-electron chi connectivity index (χ2n) is 5.35. The second kappa shape index (κ2) is 5.28. The van der Waals surface area contributed by atoms with Crippen LogP contribution in [0.4, 0.5) is 0 Å². The van der Waals surface area contributed by atoms with Crippen LogP contribution in [-0.2, 0) is 22.5 Å². The van der Waals surface area contributed by atoms with Crippen LogP contribution in [0.15, 0.2) is 0 Å². The van der Waals surface area contributed by atoms with Gasteiger partial charge in [0.25, 0.3) is 0 Å². The number of hydrogen-bond acceptors (Lipinski definition) is 4. The molecule has 0 aromatic carbocycles. The van der Waals surface area contributed by atoms with Gasteiger partial charge in [0, 0.05) is 19.6 Å². The summed E-state index contributed by atoms with van der Waals surface area (Å²) in [5, 5.41) is 17.5. The minimum atomic E-state index is -0.797. The van der Waals surface area contributed by atoms with Gasteiger partial charge in [-0.25, -0.2) is 0 Å². The van der Waals surface area contributed by atoms with Crippen LogP contribution in [0.2, 0.25) is 0 Å². The quantitative estimate of drug-likeness (QED) is 0.892. The number of aliphatic carboxylic acids is 1. The van der Waals surface area contributed by atoms with E-state index in [0.29, 0.717) is 12.2 Å². The summed E-state index contributed by atoms with van der Waals surface area (Å²) in [5.74, 6) is 0.202. The summed E-state index contributed by atoms with van der Waals surface area (Å²) in [6, 6.07) is 0. The van der Waals surface area contributed by atoms with Crippen molar-refractivity contribution >= 4 is 5.97 Å². The Morgan fingerprint density at radius 1 is 1.32 bits per heavy atom. The fourth-order valence-electron chi connectivity index (χ4n) is 2.99. The Bertz CT molecular complexity index is 466. The summed E-state index contributed by atoms with van der Waals surface area (Å²) in [7, 11) is 0. The zero-order valence-corrected chi connectivity index (χ0v) is 10.9. The molecule has 6 heteroatoms. The molecule has 0 amide bonds. The summed E-state index contributed by atoms with van der Waals surface area (Å²) >= 11 is 0. The highest BCUT2D eigenvalue weighted by molar-refractivity contribution is 5.75. The van der Waals surface area contributed by atoms with Gasteiger partial charge in [-0.15, -0.1) is 10.2 Å². The van der Waals surface area contributed by atoms with Crippen LogP contribution in [0, 0.1) is 0 Å². The maximum Gasteiger partial charge on any atom is 0.314 e. The highest BCUT2D eigenvalue weighted by Crippen LogP contribution is 2.27. The minimum Gasteiger partial charge on any atom is -0.481 e. The number of carbonyl (C=O) groups is 1. The van der Waals surface area contributed by atoms with Crippen LogP contribution < -0.4 is 0 Å². The highest BCUT2D eigenvalue weighted by Gasteiger charge is 2.31. The van der Waals surface area contributed by atoms with Gasteiger partial charge in [0.2, 0.25) is 0 Å². The third-order valence-electron chi connectivity index (χ3n) is 4.02. The molecule has 2 unspecified atom stereocenters. The van der Waals surface area contributed by atoms with Crippen molar-refractivity contribution in [1.82, 2.24) is 14.8 Å². The Labute approximate surface area is 111 Å². The molecular formula is C13H19N3O3. The van der Waals surface area contributed by atoms with Crippen LogP contribution in [0.25, 0.3) is 0 Å². The van der Waals surface area contributed by atoms with Crippen LogP contribution in [0.3, 0.4) is 0 Å². The number of fused-ring (bicyclic) bond motifs is 1. The average molecular weight is 265 g/mol. The van der Waals surface area contributed by atoms with E-state index in [1.165, 1.54) is 6.42 Å². The number of hydrogen-bond donors (Lipinski definition) is 1. The van der Waals surface area contributed by atoms with Crippen molar-refractivity contribution < 1.29 is 14.6 Å². The molecular weight excluding hydrogens is 246 g/mol. The normalized spacial score (nSPS) is 26.9. The monoisotopic (exact) mass is 265 g/mol. The molecule has 2 aliphatic rings. The maximum atomic E-state index is 11.2. The Hall–Kier alpha value is -1.43. The Balaban J connectivity index is 1.78. The van der Waals surface area contributed by atoms with Gasteiger partial charge in [0.1, 0.15) is 17.6 Å². The van der Waals surface area contributed by atoms with E-state index in [1.54, 1.807) is 0 Å². The number of carboxylic acid groups (broad SMARTS) is 1. The number of nitrogens with zero attached hydrogens (tertiary/aromatic N) is 3. The van der Waals surface area contributed by atoms with Gasteiger partial charge in [0.05, 0.1) is 6.10 Å². The molecule has 0 spiro atoms. The van der Waals surface area contributed by atoms with E-state index in [9.17, 15) is 9.90 Å². The Morgan fingerprint density at radius 3 is 2.95 bits per heavy atom. The van der Waals surface area contributed by atoms with Gasteiger partial charge in [0.15, 0.2) is 0 Å². The minimum absolute atomic E-state index is 0.215. The third kappa shape index (κ3) is 2.49. The molecule has 1 aromatic heterocycles. The molecule has 1 aromatic rings. The molecule has 3 rings (SSSR count). The number of rotatable bonds is 3. The van der Waals surface area contributed by atoms with E-state index in [1.807, 2.05) is 4.57 Å². The van der Waals surface area contributed by atoms with Crippen molar-refractivity contribution in [3.05, 3.63) is 11.6 Å². The van der Waals surface area contributed by atoms with E-state index in [-0.39, 0.29) is 6.10 Å². The number of aromatic nitrogens is 3. The maximum absolute atomic E-state index is 11.2. The van der Waals surface area contributed by atoms with Crippen molar-refractivity contribution in [2.24, 2.45) is 0 Å². The molecule has 6 nitrogen and oxygen atoms in total. The van der Waals surface area contributed by atoms with Gasteiger partial charge in [-0.2, -0.15) is 0 Å². The summed E-state index contributed by atoms with van der Waals surface area (Å²) < 4.78 is 7.71. The third-order valence-corrected chi connectivity index (χ3v) is 4.02. The smallest absolute Gasteiger partial charge is 0.314 e. The molecule has 3 heterocycles. The standard InChI is InChI=1S/C13H19N3O3/c17-13(18)10-5-3-6-16-11(14-15-12(10)16)8-9-4-1-2-7-19-9/h9-10H,1-8H2,(H,17,18). The van der Waals surface area contributed by atoms with E-state index >= 15 is 0 Å². The zero-order valence-electron chi connectivity index (χ0n) is 10.9. The van der Waals surface area contributed by atoms with Crippen LogP contribution in [0.5, 0.6) is 0 Å². The molecule has 0 radical (unpaired) electrons.